The first kappa shape index (κ1) is 21.1. The minimum absolute atomic E-state index is 0.0200. The van der Waals surface area contributed by atoms with Gasteiger partial charge in [-0.15, -0.1) is 10.2 Å². The summed E-state index contributed by atoms with van der Waals surface area (Å²) in [6.07, 6.45) is -1.76. The molecule has 1 amide bonds. The number of halogens is 3. The van der Waals surface area contributed by atoms with Crippen LogP contribution in [0, 0.1) is 0 Å². The molecule has 0 bridgehead atoms. The molecular formula is C23H15F3N6O3. The number of alkyl halides is 3. The molecule has 0 aliphatic carbocycles. The third-order valence-corrected chi connectivity index (χ3v) is 5.82. The van der Waals surface area contributed by atoms with Crippen LogP contribution in [-0.2, 0) is 12.6 Å². The number of fused-ring (bicyclic) bond motifs is 2. The second-order valence-electron chi connectivity index (χ2n) is 7.95. The zero-order chi connectivity index (χ0) is 24.2. The van der Waals surface area contributed by atoms with Crippen LogP contribution in [0.3, 0.4) is 0 Å². The van der Waals surface area contributed by atoms with E-state index >= 15 is 0 Å². The van der Waals surface area contributed by atoms with Crippen molar-refractivity contribution in [3.8, 4) is 11.6 Å². The summed E-state index contributed by atoms with van der Waals surface area (Å²) < 4.78 is 50.0. The van der Waals surface area contributed by atoms with Gasteiger partial charge < -0.3 is 18.7 Å². The summed E-state index contributed by atoms with van der Waals surface area (Å²) in [4.78, 5) is 26.2. The molecule has 4 aromatic heterocycles. The summed E-state index contributed by atoms with van der Waals surface area (Å²) >= 11 is 0. The van der Waals surface area contributed by atoms with Gasteiger partial charge in [-0.2, -0.15) is 13.2 Å². The number of nitrogens with one attached hydrogen (secondary N) is 1. The van der Waals surface area contributed by atoms with Crippen molar-refractivity contribution in [1.82, 2.24) is 30.0 Å². The monoisotopic (exact) mass is 480 g/mol. The first-order chi connectivity index (χ1) is 16.9. The number of furan rings is 1. The lowest BCUT2D eigenvalue weighted by Crippen LogP contribution is -2.40. The van der Waals surface area contributed by atoms with Crippen LogP contribution in [0.25, 0.3) is 22.6 Å². The van der Waals surface area contributed by atoms with E-state index in [1.165, 1.54) is 4.90 Å². The summed E-state index contributed by atoms with van der Waals surface area (Å²) in [5, 5.41) is 8.51. The van der Waals surface area contributed by atoms with Crippen molar-refractivity contribution in [3.05, 3.63) is 83.6 Å². The van der Waals surface area contributed by atoms with Gasteiger partial charge in [0.25, 0.3) is 5.89 Å². The molecule has 6 rings (SSSR count). The van der Waals surface area contributed by atoms with E-state index in [0.29, 0.717) is 36.2 Å². The van der Waals surface area contributed by atoms with Crippen LogP contribution >= 0.6 is 0 Å². The standard InChI is InChI=1S/C23H15F3N6O3/c24-23(25,26)13-5-6-15(27-10-13)20-30-31-21(35-20)22(33)32-8-7-14-18(29-11-28-14)19(32)17-9-12-3-1-2-4-16(12)34-17/h1-6,9-11,19H,7-8H2,(H,28,29)/t19-/m1/s1. The fourth-order valence-corrected chi connectivity index (χ4v) is 4.14. The normalized spacial score (nSPS) is 16.0. The Morgan fingerprint density at radius 2 is 1.94 bits per heavy atom. The van der Waals surface area contributed by atoms with Gasteiger partial charge in [-0.1, -0.05) is 18.2 Å². The average molecular weight is 480 g/mol. The van der Waals surface area contributed by atoms with Gasteiger partial charge in [-0.3, -0.25) is 9.78 Å². The predicted octanol–water partition coefficient (Wildman–Crippen LogP) is 4.41. The van der Waals surface area contributed by atoms with Crippen LogP contribution in [-0.4, -0.2) is 42.5 Å². The predicted molar refractivity (Wildman–Crippen MR) is 114 cm³/mol. The number of aromatic amines is 1. The molecule has 0 radical (unpaired) electrons. The van der Waals surface area contributed by atoms with Gasteiger partial charge >= 0.3 is 18.0 Å². The molecule has 0 saturated heterocycles. The molecule has 0 spiro atoms. The fraction of sp³-hybridized carbons (Fsp3) is 0.174. The molecular weight excluding hydrogens is 465 g/mol. The van der Waals surface area contributed by atoms with Crippen LogP contribution in [0.15, 0.2) is 63.8 Å². The zero-order valence-electron chi connectivity index (χ0n) is 17.8. The first-order valence-corrected chi connectivity index (χ1v) is 10.6. The Labute approximate surface area is 194 Å². The minimum Gasteiger partial charge on any atom is -0.458 e. The Morgan fingerprint density at radius 1 is 1.09 bits per heavy atom. The summed E-state index contributed by atoms with van der Waals surface area (Å²) in [5.41, 5.74) is 1.32. The summed E-state index contributed by atoms with van der Waals surface area (Å²) in [5.74, 6) is -0.520. The molecule has 12 heteroatoms. The number of hydrogen-bond acceptors (Lipinski definition) is 7. The van der Waals surface area contributed by atoms with Gasteiger partial charge in [0.15, 0.2) is 0 Å². The SMILES string of the molecule is O=C(c1nnc(-c2ccc(C(F)(F)F)cn2)o1)N1CCc2[nH]cnc2[C@H]1c1cc2ccccc2o1. The van der Waals surface area contributed by atoms with E-state index in [1.54, 1.807) is 6.33 Å². The largest absolute Gasteiger partial charge is 0.458 e. The zero-order valence-corrected chi connectivity index (χ0v) is 17.8. The minimum atomic E-state index is -4.52. The maximum Gasteiger partial charge on any atom is 0.417 e. The van der Waals surface area contributed by atoms with Crippen molar-refractivity contribution in [2.45, 2.75) is 18.6 Å². The number of amides is 1. The van der Waals surface area contributed by atoms with Crippen LogP contribution in [0.2, 0.25) is 0 Å². The third kappa shape index (κ3) is 3.63. The Bertz CT molecular complexity index is 1500. The van der Waals surface area contributed by atoms with Crippen LogP contribution in [0.5, 0.6) is 0 Å². The lowest BCUT2D eigenvalue weighted by atomic mass is 10.00. The number of pyridine rings is 1. The lowest BCUT2D eigenvalue weighted by molar-refractivity contribution is -0.137. The van der Waals surface area contributed by atoms with Crippen molar-refractivity contribution in [2.75, 3.05) is 6.54 Å². The Balaban J connectivity index is 1.34. The highest BCUT2D eigenvalue weighted by Crippen LogP contribution is 2.37. The molecule has 1 N–H and O–H groups in total. The molecule has 5 aromatic rings. The van der Waals surface area contributed by atoms with Gasteiger partial charge in [-0.25, -0.2) is 4.98 Å². The molecule has 35 heavy (non-hydrogen) atoms. The molecule has 1 aromatic carbocycles. The van der Waals surface area contributed by atoms with Crippen LogP contribution in [0.4, 0.5) is 13.2 Å². The number of aromatic nitrogens is 5. The molecule has 9 nitrogen and oxygen atoms in total. The van der Waals surface area contributed by atoms with Gasteiger partial charge in [0.2, 0.25) is 0 Å². The maximum absolute atomic E-state index is 13.4. The number of hydrogen-bond donors (Lipinski definition) is 1. The van der Waals surface area contributed by atoms with Crippen LogP contribution in [0.1, 0.15) is 39.4 Å². The van der Waals surface area contributed by atoms with Gasteiger partial charge in [0.05, 0.1) is 17.6 Å². The van der Waals surface area contributed by atoms with Gasteiger partial charge in [0.1, 0.15) is 23.1 Å². The maximum atomic E-state index is 13.4. The fourth-order valence-electron chi connectivity index (χ4n) is 4.14. The molecule has 1 aliphatic rings. The van der Waals surface area contributed by atoms with Crippen molar-refractivity contribution < 1.29 is 26.8 Å². The third-order valence-electron chi connectivity index (χ3n) is 5.82. The van der Waals surface area contributed by atoms with E-state index in [-0.39, 0.29) is 17.5 Å². The quantitative estimate of drug-likeness (QED) is 0.407. The highest BCUT2D eigenvalue weighted by atomic mass is 19.4. The summed E-state index contributed by atoms with van der Waals surface area (Å²) in [7, 11) is 0. The molecule has 176 valence electrons. The smallest absolute Gasteiger partial charge is 0.417 e. The number of imidazole rings is 1. The van der Waals surface area contributed by atoms with E-state index in [2.05, 4.69) is 25.1 Å². The van der Waals surface area contributed by atoms with E-state index in [4.69, 9.17) is 8.83 Å². The molecule has 1 aliphatic heterocycles. The van der Waals surface area contributed by atoms with E-state index in [1.807, 2.05) is 30.3 Å². The van der Waals surface area contributed by atoms with E-state index < -0.39 is 23.7 Å². The summed E-state index contributed by atoms with van der Waals surface area (Å²) in [6, 6.07) is 10.7. The number of nitrogens with zero attached hydrogens (tertiary/aromatic N) is 5. The topological polar surface area (TPSA) is 114 Å². The number of carbonyl (C=O) groups is 1. The second kappa shape index (κ2) is 7.79. The van der Waals surface area contributed by atoms with Crippen molar-refractivity contribution in [1.29, 1.82) is 0 Å². The Hall–Kier alpha value is -4.48. The Kier molecular flexibility index (Phi) is 4.69. The molecule has 0 fully saturated rings. The number of para-hydroxylation sites is 1. The van der Waals surface area contributed by atoms with Crippen molar-refractivity contribution in [2.24, 2.45) is 0 Å². The highest BCUT2D eigenvalue weighted by molar-refractivity contribution is 5.90. The number of carbonyl (C=O) groups excluding carboxylic acids is 1. The van der Waals surface area contributed by atoms with Gasteiger partial charge in [-0.05, 0) is 24.3 Å². The molecule has 1 atom stereocenters. The highest BCUT2D eigenvalue weighted by Gasteiger charge is 2.38. The average Bonchev–Trinajstić information content (AvgIpc) is 3.61. The summed E-state index contributed by atoms with van der Waals surface area (Å²) in [6.45, 7) is 0.325. The van der Waals surface area contributed by atoms with Crippen LogP contribution < -0.4 is 0 Å². The molecule has 0 unspecified atom stereocenters. The lowest BCUT2D eigenvalue weighted by Gasteiger charge is -2.32. The van der Waals surface area contributed by atoms with Crippen molar-refractivity contribution in [3.63, 3.8) is 0 Å². The number of rotatable bonds is 3. The molecule has 0 saturated carbocycles. The van der Waals surface area contributed by atoms with Crippen molar-refractivity contribution >= 4 is 16.9 Å². The van der Waals surface area contributed by atoms with E-state index in [0.717, 1.165) is 23.2 Å². The second-order valence-corrected chi connectivity index (χ2v) is 7.95. The van der Waals surface area contributed by atoms with Gasteiger partial charge in [0, 0.05) is 30.2 Å². The Morgan fingerprint density at radius 3 is 2.71 bits per heavy atom. The number of benzene rings is 1. The first-order valence-electron chi connectivity index (χ1n) is 10.6. The number of H-pyrrole nitrogens is 1. The molecule has 5 heterocycles. The van der Waals surface area contributed by atoms with E-state index in [9.17, 15) is 18.0 Å².